The van der Waals surface area contributed by atoms with E-state index in [0.29, 0.717) is 0 Å². The molecule has 0 bridgehead atoms. The molecule has 0 fully saturated rings. The summed E-state index contributed by atoms with van der Waals surface area (Å²) >= 11 is 0.814. The topological polar surface area (TPSA) is 114 Å². The Bertz CT molecular complexity index is 743. The molecule has 0 aliphatic heterocycles. The first kappa shape index (κ1) is 15.4. The first-order valence-electron chi connectivity index (χ1n) is 5.78. The first-order chi connectivity index (χ1) is 9.94. The molecule has 8 nitrogen and oxygen atoms in total. The SMILES string of the molecule is CNc1sc(S(=O)(=O)NCc2ccncc2)cc1[N+](=O)[O-]. The summed E-state index contributed by atoms with van der Waals surface area (Å²) in [6, 6.07) is 4.40. The molecule has 0 aromatic carbocycles. The van der Waals surface area contributed by atoms with Gasteiger partial charge in [0, 0.05) is 32.1 Å². The third kappa shape index (κ3) is 3.54. The van der Waals surface area contributed by atoms with E-state index in [9.17, 15) is 18.5 Å². The van der Waals surface area contributed by atoms with E-state index in [2.05, 4.69) is 15.0 Å². The normalized spacial score (nSPS) is 11.3. The maximum Gasteiger partial charge on any atom is 0.304 e. The van der Waals surface area contributed by atoms with E-state index in [1.807, 2.05) is 0 Å². The maximum atomic E-state index is 12.1. The lowest BCUT2D eigenvalue weighted by atomic mass is 10.3. The Morgan fingerprint density at radius 2 is 2.05 bits per heavy atom. The highest BCUT2D eigenvalue weighted by Crippen LogP contribution is 2.36. The van der Waals surface area contributed by atoms with Gasteiger partial charge in [0.1, 0.15) is 4.21 Å². The molecule has 2 aromatic rings. The van der Waals surface area contributed by atoms with Crippen LogP contribution in [0.25, 0.3) is 0 Å². The van der Waals surface area contributed by atoms with Gasteiger partial charge in [-0.25, -0.2) is 13.1 Å². The Kier molecular flexibility index (Phi) is 4.50. The molecule has 0 amide bonds. The van der Waals surface area contributed by atoms with Crippen LogP contribution in [-0.2, 0) is 16.6 Å². The van der Waals surface area contributed by atoms with Gasteiger partial charge in [0.15, 0.2) is 5.00 Å². The summed E-state index contributed by atoms with van der Waals surface area (Å²) in [4.78, 5) is 14.1. The Morgan fingerprint density at radius 1 is 1.38 bits per heavy atom. The van der Waals surface area contributed by atoms with Crippen molar-refractivity contribution in [2.75, 3.05) is 12.4 Å². The lowest BCUT2D eigenvalue weighted by Crippen LogP contribution is -2.22. The number of nitro groups is 1. The van der Waals surface area contributed by atoms with E-state index in [-0.39, 0.29) is 21.4 Å². The minimum Gasteiger partial charge on any atom is -0.374 e. The van der Waals surface area contributed by atoms with Gasteiger partial charge in [0.05, 0.1) is 4.92 Å². The fourth-order valence-corrected chi connectivity index (χ4v) is 3.90. The average Bonchev–Trinajstić information content (AvgIpc) is 2.92. The molecule has 0 atom stereocenters. The maximum absolute atomic E-state index is 12.1. The molecule has 10 heteroatoms. The molecule has 2 rings (SSSR count). The van der Waals surface area contributed by atoms with E-state index in [1.165, 1.54) is 7.05 Å². The Morgan fingerprint density at radius 3 is 2.57 bits per heavy atom. The largest absolute Gasteiger partial charge is 0.374 e. The van der Waals surface area contributed by atoms with Crippen LogP contribution in [0.1, 0.15) is 5.56 Å². The number of anilines is 1. The molecule has 0 unspecified atom stereocenters. The van der Waals surface area contributed by atoms with Crippen molar-refractivity contribution in [2.45, 2.75) is 10.8 Å². The predicted molar refractivity (Wildman–Crippen MR) is 78.8 cm³/mol. The van der Waals surface area contributed by atoms with E-state index < -0.39 is 14.9 Å². The summed E-state index contributed by atoms with van der Waals surface area (Å²) in [6.07, 6.45) is 3.11. The van der Waals surface area contributed by atoms with Gasteiger partial charge >= 0.3 is 5.69 Å². The molecule has 0 aliphatic rings. The number of sulfonamides is 1. The lowest BCUT2D eigenvalue weighted by Gasteiger charge is -2.04. The van der Waals surface area contributed by atoms with Gasteiger partial charge in [0.25, 0.3) is 10.0 Å². The number of nitrogens with zero attached hydrogens (tertiary/aromatic N) is 2. The fourth-order valence-electron chi connectivity index (χ4n) is 1.56. The van der Waals surface area contributed by atoms with Crippen LogP contribution in [0.4, 0.5) is 10.7 Å². The van der Waals surface area contributed by atoms with Crippen molar-refractivity contribution in [3.05, 3.63) is 46.3 Å². The van der Waals surface area contributed by atoms with E-state index >= 15 is 0 Å². The van der Waals surface area contributed by atoms with Crippen LogP contribution in [0.2, 0.25) is 0 Å². The summed E-state index contributed by atoms with van der Waals surface area (Å²) in [5.74, 6) is 0. The van der Waals surface area contributed by atoms with Crippen LogP contribution in [-0.4, -0.2) is 25.4 Å². The number of rotatable bonds is 6. The van der Waals surface area contributed by atoms with E-state index in [1.54, 1.807) is 24.5 Å². The van der Waals surface area contributed by atoms with Crippen molar-refractivity contribution in [1.29, 1.82) is 0 Å². The second-order valence-corrected chi connectivity index (χ2v) is 7.01. The number of hydrogen-bond acceptors (Lipinski definition) is 7. The third-order valence-electron chi connectivity index (χ3n) is 2.59. The first-order valence-corrected chi connectivity index (χ1v) is 8.08. The summed E-state index contributed by atoms with van der Waals surface area (Å²) < 4.78 is 26.6. The van der Waals surface area contributed by atoms with Crippen LogP contribution in [0.3, 0.4) is 0 Å². The molecule has 2 aromatic heterocycles. The van der Waals surface area contributed by atoms with E-state index in [4.69, 9.17) is 0 Å². The molecule has 112 valence electrons. The van der Waals surface area contributed by atoms with Crippen molar-refractivity contribution in [1.82, 2.24) is 9.71 Å². The van der Waals surface area contributed by atoms with Crippen molar-refractivity contribution in [3.8, 4) is 0 Å². The van der Waals surface area contributed by atoms with Crippen molar-refractivity contribution in [3.63, 3.8) is 0 Å². The Hall–Kier alpha value is -2.04. The Labute approximate surface area is 125 Å². The zero-order valence-electron chi connectivity index (χ0n) is 10.9. The molecular weight excluding hydrogens is 316 g/mol. The molecule has 0 saturated heterocycles. The summed E-state index contributed by atoms with van der Waals surface area (Å²) in [5.41, 5.74) is 0.486. The lowest BCUT2D eigenvalue weighted by molar-refractivity contribution is -0.383. The van der Waals surface area contributed by atoms with Crippen LogP contribution in [0.15, 0.2) is 34.8 Å². The minimum absolute atomic E-state index is 0.0887. The Balaban J connectivity index is 2.22. The average molecular weight is 328 g/mol. The quantitative estimate of drug-likeness (QED) is 0.614. The van der Waals surface area contributed by atoms with Gasteiger partial charge in [-0.15, -0.1) is 0 Å². The van der Waals surface area contributed by atoms with Crippen LogP contribution < -0.4 is 10.0 Å². The van der Waals surface area contributed by atoms with Crippen LogP contribution in [0.5, 0.6) is 0 Å². The van der Waals surface area contributed by atoms with Gasteiger partial charge < -0.3 is 5.32 Å². The molecule has 0 aliphatic carbocycles. The molecule has 0 saturated carbocycles. The third-order valence-corrected chi connectivity index (χ3v) is 5.61. The summed E-state index contributed by atoms with van der Waals surface area (Å²) in [6.45, 7) is 0.0887. The number of pyridine rings is 1. The zero-order chi connectivity index (χ0) is 15.5. The van der Waals surface area contributed by atoms with Crippen molar-refractivity contribution < 1.29 is 13.3 Å². The van der Waals surface area contributed by atoms with Gasteiger partial charge in [-0.3, -0.25) is 15.1 Å². The second-order valence-electron chi connectivity index (χ2n) is 3.97. The molecular formula is C11H12N4O4S2. The van der Waals surface area contributed by atoms with Gasteiger partial charge in [0.2, 0.25) is 0 Å². The molecule has 21 heavy (non-hydrogen) atoms. The van der Waals surface area contributed by atoms with Crippen LogP contribution >= 0.6 is 11.3 Å². The second kappa shape index (κ2) is 6.16. The zero-order valence-corrected chi connectivity index (χ0v) is 12.6. The minimum atomic E-state index is -3.80. The molecule has 2 heterocycles. The van der Waals surface area contributed by atoms with Crippen LogP contribution in [0, 0.1) is 10.1 Å². The van der Waals surface area contributed by atoms with Gasteiger partial charge in [-0.2, -0.15) is 0 Å². The number of thiophene rings is 1. The van der Waals surface area contributed by atoms with E-state index in [0.717, 1.165) is 23.0 Å². The molecule has 2 N–H and O–H groups in total. The van der Waals surface area contributed by atoms with Crippen molar-refractivity contribution >= 4 is 32.0 Å². The monoisotopic (exact) mass is 328 g/mol. The summed E-state index contributed by atoms with van der Waals surface area (Å²) in [7, 11) is -2.30. The fraction of sp³-hybridized carbons (Fsp3) is 0.182. The highest BCUT2D eigenvalue weighted by atomic mass is 32.2. The molecule has 0 radical (unpaired) electrons. The van der Waals surface area contributed by atoms with Gasteiger partial charge in [-0.05, 0) is 17.7 Å². The highest BCUT2D eigenvalue weighted by molar-refractivity contribution is 7.91. The summed E-state index contributed by atoms with van der Waals surface area (Å²) in [5, 5.41) is 13.7. The smallest absolute Gasteiger partial charge is 0.304 e. The predicted octanol–water partition coefficient (Wildman–Crippen LogP) is 1.57. The van der Waals surface area contributed by atoms with Crippen molar-refractivity contribution in [2.24, 2.45) is 0 Å². The number of aromatic nitrogens is 1. The number of hydrogen-bond donors (Lipinski definition) is 2. The van der Waals surface area contributed by atoms with Gasteiger partial charge in [-0.1, -0.05) is 11.3 Å². The highest BCUT2D eigenvalue weighted by Gasteiger charge is 2.25. The number of nitrogens with one attached hydrogen (secondary N) is 2. The standard InChI is InChI=1S/C11H12N4O4S2/c1-12-11-9(15(16)17)6-10(20-11)21(18,19)14-7-8-2-4-13-5-3-8/h2-6,12,14H,7H2,1H3. The molecule has 0 spiro atoms.